The average Bonchev–Trinajstić information content (AvgIpc) is 2.94. The molecule has 100 valence electrons. The fourth-order valence-electron chi connectivity index (χ4n) is 2.14. The predicted octanol–water partition coefficient (Wildman–Crippen LogP) is 3.13. The van der Waals surface area contributed by atoms with E-state index in [0.717, 1.165) is 22.3 Å². The highest BCUT2D eigenvalue weighted by Gasteiger charge is 2.04. The molecule has 0 spiro atoms. The number of carbonyl (C=O) groups excluding carboxylic acids is 1. The van der Waals surface area contributed by atoms with Crippen LogP contribution in [0.1, 0.15) is 12.1 Å². The van der Waals surface area contributed by atoms with E-state index in [4.69, 9.17) is 0 Å². The van der Waals surface area contributed by atoms with E-state index in [1.165, 1.54) is 0 Å². The van der Waals surface area contributed by atoms with Gasteiger partial charge in [-0.2, -0.15) is 0 Å². The molecule has 0 radical (unpaired) electrons. The molecule has 4 nitrogen and oxygen atoms in total. The van der Waals surface area contributed by atoms with Crippen LogP contribution in [0, 0.1) is 0 Å². The molecule has 3 aromatic rings. The highest BCUT2D eigenvalue weighted by atomic mass is 16.1. The maximum Gasteiger partial charge on any atom is 0.224 e. The second-order valence-electron chi connectivity index (χ2n) is 4.65. The van der Waals surface area contributed by atoms with Crippen LogP contribution in [0.4, 0.5) is 5.69 Å². The second-order valence-corrected chi connectivity index (χ2v) is 4.65. The van der Waals surface area contributed by atoms with Crippen LogP contribution in [-0.4, -0.2) is 15.9 Å². The van der Waals surface area contributed by atoms with E-state index in [-0.39, 0.29) is 5.91 Å². The molecule has 1 aromatic carbocycles. The van der Waals surface area contributed by atoms with Crippen LogP contribution in [0.5, 0.6) is 0 Å². The Bertz CT molecular complexity index is 719. The summed E-state index contributed by atoms with van der Waals surface area (Å²) in [6.45, 7) is 0. The molecule has 0 aliphatic rings. The van der Waals surface area contributed by atoms with Crippen molar-refractivity contribution in [2.75, 3.05) is 5.32 Å². The number of aromatic nitrogens is 2. The summed E-state index contributed by atoms with van der Waals surface area (Å²) in [4.78, 5) is 19.2. The minimum Gasteiger partial charge on any atom is -0.361 e. The Morgan fingerprint density at radius 3 is 3.00 bits per heavy atom. The molecule has 1 amide bonds. The zero-order valence-electron chi connectivity index (χ0n) is 11.0. The van der Waals surface area contributed by atoms with E-state index in [1.807, 2.05) is 48.7 Å². The first-order chi connectivity index (χ1) is 9.81. The lowest BCUT2D eigenvalue weighted by Crippen LogP contribution is -2.12. The molecule has 0 atom stereocenters. The molecule has 2 N–H and O–H groups in total. The molecular weight excluding hydrogens is 250 g/mol. The summed E-state index contributed by atoms with van der Waals surface area (Å²) < 4.78 is 0. The van der Waals surface area contributed by atoms with Crippen molar-refractivity contribution in [1.29, 1.82) is 0 Å². The zero-order chi connectivity index (χ0) is 13.8. The van der Waals surface area contributed by atoms with Gasteiger partial charge >= 0.3 is 0 Å². The average molecular weight is 265 g/mol. The maximum absolute atomic E-state index is 11.9. The van der Waals surface area contributed by atoms with E-state index >= 15 is 0 Å². The standard InChI is InChI=1S/C16H15N3O/c20-16(7-5-13-3-1-2-9-17-13)19-14-4-6-15-12(11-14)8-10-18-15/h1-4,6,8-11,18H,5,7H2,(H,19,20). The van der Waals surface area contributed by atoms with Crippen LogP contribution in [0.3, 0.4) is 0 Å². The van der Waals surface area contributed by atoms with Crippen molar-refractivity contribution in [1.82, 2.24) is 9.97 Å². The zero-order valence-corrected chi connectivity index (χ0v) is 11.0. The van der Waals surface area contributed by atoms with Crippen LogP contribution >= 0.6 is 0 Å². The molecule has 0 aliphatic carbocycles. The van der Waals surface area contributed by atoms with Crippen LogP contribution < -0.4 is 5.32 Å². The molecule has 0 saturated carbocycles. The van der Waals surface area contributed by atoms with Crippen molar-refractivity contribution in [2.45, 2.75) is 12.8 Å². The minimum atomic E-state index is 0.00513. The summed E-state index contributed by atoms with van der Waals surface area (Å²) >= 11 is 0. The van der Waals surface area contributed by atoms with Gasteiger partial charge < -0.3 is 10.3 Å². The summed E-state index contributed by atoms with van der Waals surface area (Å²) in [5.74, 6) is 0.00513. The van der Waals surface area contributed by atoms with Gasteiger partial charge in [0, 0.05) is 41.1 Å². The van der Waals surface area contributed by atoms with Crippen LogP contribution in [0.15, 0.2) is 54.9 Å². The van der Waals surface area contributed by atoms with Crippen molar-refractivity contribution in [2.24, 2.45) is 0 Å². The van der Waals surface area contributed by atoms with Crippen LogP contribution in [0.25, 0.3) is 10.9 Å². The van der Waals surface area contributed by atoms with E-state index in [0.29, 0.717) is 12.8 Å². The molecule has 0 fully saturated rings. The number of carbonyl (C=O) groups is 1. The van der Waals surface area contributed by atoms with Crippen molar-refractivity contribution in [3.05, 3.63) is 60.6 Å². The lowest BCUT2D eigenvalue weighted by atomic mass is 10.2. The van der Waals surface area contributed by atoms with Gasteiger partial charge in [-0.1, -0.05) is 6.07 Å². The van der Waals surface area contributed by atoms with E-state index in [1.54, 1.807) is 6.20 Å². The van der Waals surface area contributed by atoms with Gasteiger partial charge in [0.25, 0.3) is 0 Å². The second kappa shape index (κ2) is 5.57. The molecule has 0 bridgehead atoms. The summed E-state index contributed by atoms with van der Waals surface area (Å²) in [7, 11) is 0. The molecule has 0 unspecified atom stereocenters. The Labute approximate surface area is 116 Å². The molecule has 3 rings (SSSR count). The predicted molar refractivity (Wildman–Crippen MR) is 79.5 cm³/mol. The first-order valence-corrected chi connectivity index (χ1v) is 6.58. The number of nitrogens with one attached hydrogen (secondary N) is 2. The number of pyridine rings is 1. The van der Waals surface area contributed by atoms with E-state index in [2.05, 4.69) is 15.3 Å². The Morgan fingerprint density at radius 1 is 1.20 bits per heavy atom. The quantitative estimate of drug-likeness (QED) is 0.761. The highest BCUT2D eigenvalue weighted by molar-refractivity contribution is 5.93. The van der Waals surface area contributed by atoms with Crippen LogP contribution in [0.2, 0.25) is 0 Å². The summed E-state index contributed by atoms with van der Waals surface area (Å²) in [5.41, 5.74) is 2.82. The van der Waals surface area contributed by atoms with Crippen LogP contribution in [-0.2, 0) is 11.2 Å². The molecule has 4 heteroatoms. The van der Waals surface area contributed by atoms with E-state index in [9.17, 15) is 4.79 Å². The van der Waals surface area contributed by atoms with Gasteiger partial charge in [-0.3, -0.25) is 9.78 Å². The Balaban J connectivity index is 1.61. The maximum atomic E-state index is 11.9. The number of rotatable bonds is 4. The first-order valence-electron chi connectivity index (χ1n) is 6.58. The van der Waals surface area contributed by atoms with E-state index < -0.39 is 0 Å². The Morgan fingerprint density at radius 2 is 2.15 bits per heavy atom. The van der Waals surface area contributed by atoms with Gasteiger partial charge in [0.15, 0.2) is 0 Å². The number of benzene rings is 1. The third kappa shape index (κ3) is 2.85. The number of hydrogen-bond acceptors (Lipinski definition) is 2. The number of fused-ring (bicyclic) bond motifs is 1. The number of amides is 1. The largest absolute Gasteiger partial charge is 0.361 e. The number of anilines is 1. The Hall–Kier alpha value is -2.62. The number of H-pyrrole nitrogens is 1. The molecule has 2 aromatic heterocycles. The van der Waals surface area contributed by atoms with Gasteiger partial charge in [-0.05, 0) is 42.8 Å². The molecule has 20 heavy (non-hydrogen) atoms. The number of aromatic amines is 1. The highest BCUT2D eigenvalue weighted by Crippen LogP contribution is 2.18. The fourth-order valence-corrected chi connectivity index (χ4v) is 2.14. The molecule has 0 aliphatic heterocycles. The van der Waals surface area contributed by atoms with Gasteiger partial charge in [0.2, 0.25) is 5.91 Å². The molecular formula is C16H15N3O. The van der Waals surface area contributed by atoms with Crippen molar-refractivity contribution in [3.63, 3.8) is 0 Å². The number of aryl methyl sites for hydroxylation is 1. The van der Waals surface area contributed by atoms with Gasteiger partial charge in [0.1, 0.15) is 0 Å². The number of hydrogen-bond donors (Lipinski definition) is 2. The van der Waals surface area contributed by atoms with Gasteiger partial charge in [-0.15, -0.1) is 0 Å². The SMILES string of the molecule is O=C(CCc1ccccn1)Nc1ccc2[nH]ccc2c1. The minimum absolute atomic E-state index is 0.00513. The number of nitrogens with zero attached hydrogens (tertiary/aromatic N) is 1. The lowest BCUT2D eigenvalue weighted by molar-refractivity contribution is -0.116. The van der Waals surface area contributed by atoms with Crippen molar-refractivity contribution in [3.8, 4) is 0 Å². The Kier molecular flexibility index (Phi) is 3.46. The topological polar surface area (TPSA) is 57.8 Å². The smallest absolute Gasteiger partial charge is 0.224 e. The lowest BCUT2D eigenvalue weighted by Gasteiger charge is -2.05. The summed E-state index contributed by atoms with van der Waals surface area (Å²) in [5, 5.41) is 4.00. The third-order valence-corrected chi connectivity index (χ3v) is 3.17. The van der Waals surface area contributed by atoms with Crippen molar-refractivity contribution < 1.29 is 4.79 Å². The first kappa shape index (κ1) is 12.4. The van der Waals surface area contributed by atoms with Gasteiger partial charge in [-0.25, -0.2) is 0 Å². The molecule has 0 saturated heterocycles. The summed E-state index contributed by atoms with van der Waals surface area (Å²) in [6, 6.07) is 13.5. The normalized spacial score (nSPS) is 10.6. The van der Waals surface area contributed by atoms with Gasteiger partial charge in [0.05, 0.1) is 0 Å². The third-order valence-electron chi connectivity index (χ3n) is 3.17. The summed E-state index contributed by atoms with van der Waals surface area (Å²) in [6.07, 6.45) is 4.71. The molecule has 2 heterocycles. The van der Waals surface area contributed by atoms with Crippen molar-refractivity contribution >= 4 is 22.5 Å². The fraction of sp³-hybridized carbons (Fsp3) is 0.125. The monoisotopic (exact) mass is 265 g/mol.